The maximum Gasteiger partial charge on any atom is 0.337 e. The van der Waals surface area contributed by atoms with Gasteiger partial charge in [-0.05, 0) is 18.2 Å². The molecular formula is C13H14N2O3. The number of hydrogen-bond donors (Lipinski definition) is 0. The Morgan fingerprint density at radius 3 is 3.17 bits per heavy atom. The molecule has 1 aliphatic heterocycles. The summed E-state index contributed by atoms with van der Waals surface area (Å²) in [5, 5.41) is 9.08. The summed E-state index contributed by atoms with van der Waals surface area (Å²) in [5.41, 5.74) is 1.32. The van der Waals surface area contributed by atoms with Crippen molar-refractivity contribution >= 4 is 11.7 Å². The van der Waals surface area contributed by atoms with Crippen molar-refractivity contribution in [2.24, 2.45) is 0 Å². The minimum absolute atomic E-state index is 0.313. The predicted molar refractivity (Wildman–Crippen MR) is 65.3 cm³/mol. The molecule has 0 aromatic heterocycles. The topological polar surface area (TPSA) is 62.6 Å². The van der Waals surface area contributed by atoms with Crippen LogP contribution in [-0.4, -0.2) is 38.9 Å². The average molecular weight is 246 g/mol. The summed E-state index contributed by atoms with van der Waals surface area (Å²) in [6.07, 6.45) is 0. The van der Waals surface area contributed by atoms with Gasteiger partial charge >= 0.3 is 5.97 Å². The number of esters is 1. The molecule has 0 saturated carbocycles. The maximum atomic E-state index is 11.5. The molecule has 1 fully saturated rings. The van der Waals surface area contributed by atoms with E-state index in [0.717, 1.165) is 5.69 Å². The van der Waals surface area contributed by atoms with Gasteiger partial charge < -0.3 is 14.4 Å². The molecule has 0 spiro atoms. The molecule has 1 atom stereocenters. The normalized spacial score (nSPS) is 19.1. The fraction of sp³-hybridized carbons (Fsp3) is 0.385. The van der Waals surface area contributed by atoms with Crippen molar-refractivity contribution in [3.05, 3.63) is 29.8 Å². The Kier molecular flexibility index (Phi) is 3.80. The van der Waals surface area contributed by atoms with Gasteiger partial charge in [0.25, 0.3) is 0 Å². The van der Waals surface area contributed by atoms with Crippen LogP contribution in [0, 0.1) is 11.3 Å². The smallest absolute Gasteiger partial charge is 0.337 e. The Morgan fingerprint density at radius 2 is 2.44 bits per heavy atom. The molecule has 0 aliphatic carbocycles. The molecule has 1 unspecified atom stereocenters. The molecule has 1 heterocycles. The summed E-state index contributed by atoms with van der Waals surface area (Å²) in [4.78, 5) is 13.4. The summed E-state index contributed by atoms with van der Waals surface area (Å²) >= 11 is 0. The molecule has 0 radical (unpaired) electrons. The van der Waals surface area contributed by atoms with E-state index < -0.39 is 0 Å². The third-order valence-corrected chi connectivity index (χ3v) is 2.88. The Morgan fingerprint density at radius 1 is 1.61 bits per heavy atom. The van der Waals surface area contributed by atoms with Crippen molar-refractivity contribution in [1.82, 2.24) is 0 Å². The van der Waals surface area contributed by atoms with E-state index in [0.29, 0.717) is 25.3 Å². The zero-order valence-corrected chi connectivity index (χ0v) is 10.1. The van der Waals surface area contributed by atoms with Crippen LogP contribution in [0.25, 0.3) is 0 Å². The van der Waals surface area contributed by atoms with Gasteiger partial charge in [-0.3, -0.25) is 0 Å². The summed E-state index contributed by atoms with van der Waals surface area (Å²) < 4.78 is 9.95. The fourth-order valence-corrected chi connectivity index (χ4v) is 1.95. The van der Waals surface area contributed by atoms with Crippen LogP contribution in [0.5, 0.6) is 0 Å². The molecular weight excluding hydrogens is 232 g/mol. The van der Waals surface area contributed by atoms with E-state index in [4.69, 9.17) is 10.00 Å². The van der Waals surface area contributed by atoms with E-state index in [1.807, 2.05) is 11.0 Å². The summed E-state index contributed by atoms with van der Waals surface area (Å²) in [5.74, 6) is -0.376. The first-order valence-corrected chi connectivity index (χ1v) is 5.68. The van der Waals surface area contributed by atoms with Crippen LogP contribution < -0.4 is 4.90 Å². The third kappa shape index (κ3) is 2.44. The number of hydrogen-bond acceptors (Lipinski definition) is 5. The number of nitrogens with zero attached hydrogens (tertiary/aromatic N) is 2. The van der Waals surface area contributed by atoms with Crippen LogP contribution in [0.3, 0.4) is 0 Å². The summed E-state index contributed by atoms with van der Waals surface area (Å²) in [7, 11) is 1.35. The molecule has 2 rings (SSSR count). The van der Waals surface area contributed by atoms with E-state index in [9.17, 15) is 4.79 Å². The average Bonchev–Trinajstić information content (AvgIpc) is 2.46. The monoisotopic (exact) mass is 246 g/mol. The second kappa shape index (κ2) is 5.52. The van der Waals surface area contributed by atoms with Crippen LogP contribution in [0.1, 0.15) is 10.4 Å². The molecule has 94 valence electrons. The van der Waals surface area contributed by atoms with Crippen LogP contribution in [0.2, 0.25) is 0 Å². The minimum Gasteiger partial charge on any atom is -0.465 e. The van der Waals surface area contributed by atoms with Crippen LogP contribution >= 0.6 is 0 Å². The Bertz CT molecular complexity index is 481. The van der Waals surface area contributed by atoms with Gasteiger partial charge in [0.15, 0.2) is 0 Å². The molecule has 18 heavy (non-hydrogen) atoms. The number of nitriles is 1. The fourth-order valence-electron chi connectivity index (χ4n) is 1.95. The number of morpholine rings is 1. The Balaban J connectivity index is 2.27. The lowest BCUT2D eigenvalue weighted by molar-refractivity contribution is 0.0600. The maximum absolute atomic E-state index is 11.5. The first-order chi connectivity index (χ1) is 8.76. The van der Waals surface area contributed by atoms with E-state index in [1.54, 1.807) is 18.2 Å². The molecule has 1 aliphatic rings. The first-order valence-electron chi connectivity index (χ1n) is 5.68. The number of rotatable bonds is 2. The quantitative estimate of drug-likeness (QED) is 0.734. The first kappa shape index (κ1) is 12.4. The lowest BCUT2D eigenvalue weighted by atomic mass is 10.1. The van der Waals surface area contributed by atoms with Crippen molar-refractivity contribution in [2.45, 2.75) is 6.04 Å². The lowest BCUT2D eigenvalue weighted by Crippen LogP contribution is -2.44. The van der Waals surface area contributed by atoms with Crippen LogP contribution in [0.15, 0.2) is 24.3 Å². The zero-order valence-electron chi connectivity index (χ0n) is 10.1. The van der Waals surface area contributed by atoms with Gasteiger partial charge in [-0.15, -0.1) is 0 Å². The van der Waals surface area contributed by atoms with Gasteiger partial charge in [0, 0.05) is 12.2 Å². The molecule has 1 aromatic rings. The molecule has 5 heteroatoms. The van der Waals surface area contributed by atoms with Gasteiger partial charge in [-0.25, -0.2) is 4.79 Å². The van der Waals surface area contributed by atoms with Gasteiger partial charge in [0.1, 0.15) is 6.04 Å². The number of carbonyl (C=O) groups excluding carboxylic acids is 1. The number of ether oxygens (including phenoxy) is 2. The van der Waals surface area contributed by atoms with Crippen molar-refractivity contribution in [3.8, 4) is 6.07 Å². The van der Waals surface area contributed by atoms with Crippen LogP contribution in [0.4, 0.5) is 5.69 Å². The standard InChI is InChI=1S/C13H14N2O3/c1-17-13(16)10-3-2-4-11(7-10)15-5-6-18-9-12(15)8-14/h2-4,7,12H,5-6,9H2,1H3. The molecule has 0 amide bonds. The van der Waals surface area contributed by atoms with Gasteiger partial charge in [-0.1, -0.05) is 6.07 Å². The number of benzene rings is 1. The van der Waals surface area contributed by atoms with Gasteiger partial charge in [0.05, 0.1) is 32.0 Å². The summed E-state index contributed by atoms with van der Waals surface area (Å²) in [6, 6.07) is 8.98. The minimum atomic E-state index is -0.376. The molecule has 1 aromatic carbocycles. The SMILES string of the molecule is COC(=O)c1cccc(N2CCOCC2C#N)c1. The van der Waals surface area contributed by atoms with Gasteiger partial charge in [0.2, 0.25) is 0 Å². The van der Waals surface area contributed by atoms with E-state index in [2.05, 4.69) is 10.8 Å². The molecule has 0 bridgehead atoms. The Labute approximate surface area is 106 Å². The van der Waals surface area contributed by atoms with Crippen molar-refractivity contribution < 1.29 is 14.3 Å². The number of anilines is 1. The number of methoxy groups -OCH3 is 1. The second-order valence-corrected chi connectivity index (χ2v) is 3.96. The van der Waals surface area contributed by atoms with Crippen LogP contribution in [-0.2, 0) is 9.47 Å². The lowest BCUT2D eigenvalue weighted by Gasteiger charge is -2.33. The van der Waals surface area contributed by atoms with E-state index >= 15 is 0 Å². The molecule has 1 saturated heterocycles. The Hall–Kier alpha value is -2.06. The predicted octanol–water partition coefficient (Wildman–Crippen LogP) is 1.20. The summed E-state index contributed by atoms with van der Waals surface area (Å²) in [6.45, 7) is 1.61. The van der Waals surface area contributed by atoms with Gasteiger partial charge in [-0.2, -0.15) is 5.26 Å². The number of carbonyl (C=O) groups is 1. The second-order valence-electron chi connectivity index (χ2n) is 3.96. The molecule has 0 N–H and O–H groups in total. The van der Waals surface area contributed by atoms with Crippen molar-refractivity contribution in [3.63, 3.8) is 0 Å². The van der Waals surface area contributed by atoms with E-state index in [1.165, 1.54) is 7.11 Å². The largest absolute Gasteiger partial charge is 0.465 e. The highest BCUT2D eigenvalue weighted by atomic mass is 16.5. The molecule has 5 nitrogen and oxygen atoms in total. The van der Waals surface area contributed by atoms with Crippen molar-refractivity contribution in [1.29, 1.82) is 5.26 Å². The highest BCUT2D eigenvalue weighted by Crippen LogP contribution is 2.21. The highest BCUT2D eigenvalue weighted by molar-refractivity contribution is 5.90. The van der Waals surface area contributed by atoms with E-state index in [-0.39, 0.29) is 12.0 Å². The third-order valence-electron chi connectivity index (χ3n) is 2.88. The zero-order chi connectivity index (χ0) is 13.0. The van der Waals surface area contributed by atoms with Crippen molar-refractivity contribution in [2.75, 3.05) is 31.8 Å². The highest BCUT2D eigenvalue weighted by Gasteiger charge is 2.23.